The predicted octanol–water partition coefficient (Wildman–Crippen LogP) is 3.71. The van der Waals surface area contributed by atoms with Crippen molar-refractivity contribution in [2.75, 3.05) is 12.4 Å². The number of hydrogen-bond acceptors (Lipinski definition) is 5. The van der Waals surface area contributed by atoms with E-state index in [2.05, 4.69) is 5.32 Å². The molecule has 25 heavy (non-hydrogen) atoms. The average molecular weight is 345 g/mol. The number of hydrogen-bond donors (Lipinski definition) is 1. The molecule has 1 heterocycles. The van der Waals surface area contributed by atoms with E-state index in [9.17, 15) is 9.59 Å². The molecule has 0 spiro atoms. The zero-order valence-corrected chi connectivity index (χ0v) is 15.4. The van der Waals surface area contributed by atoms with Crippen LogP contribution in [0.5, 0.6) is 5.75 Å². The fourth-order valence-corrected chi connectivity index (χ4v) is 2.52. The van der Waals surface area contributed by atoms with Gasteiger partial charge in [0.15, 0.2) is 6.10 Å². The third-order valence-electron chi connectivity index (χ3n) is 4.03. The van der Waals surface area contributed by atoms with Crippen molar-refractivity contribution in [3.63, 3.8) is 0 Å². The molecule has 0 saturated carbocycles. The van der Waals surface area contributed by atoms with E-state index in [1.54, 1.807) is 32.9 Å². The molecular formula is C19H23NO5. The first-order valence-electron chi connectivity index (χ1n) is 7.97. The lowest BCUT2D eigenvalue weighted by Gasteiger charge is -2.15. The van der Waals surface area contributed by atoms with Crippen LogP contribution in [-0.2, 0) is 9.53 Å². The Labute approximate surface area is 147 Å². The minimum absolute atomic E-state index is 0.366. The second-order valence-electron chi connectivity index (χ2n) is 5.95. The second kappa shape index (κ2) is 7.42. The van der Waals surface area contributed by atoms with Crippen molar-refractivity contribution >= 4 is 17.6 Å². The van der Waals surface area contributed by atoms with Gasteiger partial charge in [-0.05, 0) is 52.3 Å². The molecule has 0 aliphatic heterocycles. The van der Waals surface area contributed by atoms with Crippen molar-refractivity contribution in [2.45, 2.75) is 40.7 Å². The number of methoxy groups -OCH3 is 1. The Morgan fingerprint density at radius 2 is 1.80 bits per heavy atom. The van der Waals surface area contributed by atoms with Gasteiger partial charge in [-0.15, -0.1) is 0 Å². The highest BCUT2D eigenvalue weighted by atomic mass is 16.5. The summed E-state index contributed by atoms with van der Waals surface area (Å²) in [6.45, 7) is 8.68. The molecule has 0 aliphatic carbocycles. The third-order valence-corrected chi connectivity index (χ3v) is 4.03. The molecular weight excluding hydrogens is 322 g/mol. The zero-order chi connectivity index (χ0) is 18.7. The number of benzene rings is 1. The van der Waals surface area contributed by atoms with Gasteiger partial charge < -0.3 is 19.2 Å². The lowest BCUT2D eigenvalue weighted by atomic mass is 10.1. The largest absolute Gasteiger partial charge is 0.495 e. The standard InChI is InChI=1S/C19H23NO5/c1-10-7-8-16(23-6)15(9-10)20-18(21)14(5)25-19(22)17-11(2)12(3)24-13(17)4/h7-9,14H,1-6H3,(H,20,21)/t14-/m1/s1. The van der Waals surface area contributed by atoms with Crippen LogP contribution in [0.25, 0.3) is 0 Å². The van der Waals surface area contributed by atoms with Gasteiger partial charge in [-0.1, -0.05) is 6.07 Å². The topological polar surface area (TPSA) is 77.8 Å². The van der Waals surface area contributed by atoms with Gasteiger partial charge >= 0.3 is 5.97 Å². The summed E-state index contributed by atoms with van der Waals surface area (Å²) in [4.78, 5) is 24.7. The number of rotatable bonds is 5. The van der Waals surface area contributed by atoms with Crippen molar-refractivity contribution in [2.24, 2.45) is 0 Å². The molecule has 2 aromatic rings. The van der Waals surface area contributed by atoms with Crippen molar-refractivity contribution in [3.8, 4) is 5.75 Å². The zero-order valence-electron chi connectivity index (χ0n) is 15.4. The molecule has 0 unspecified atom stereocenters. The number of nitrogens with one attached hydrogen (secondary N) is 1. The summed E-state index contributed by atoms with van der Waals surface area (Å²) >= 11 is 0. The molecule has 0 aliphatic rings. The van der Waals surface area contributed by atoms with Crippen LogP contribution in [0.4, 0.5) is 5.69 Å². The van der Waals surface area contributed by atoms with Crippen LogP contribution in [0.3, 0.4) is 0 Å². The van der Waals surface area contributed by atoms with E-state index in [1.807, 2.05) is 13.0 Å². The van der Waals surface area contributed by atoms with Crippen LogP contribution < -0.4 is 10.1 Å². The number of esters is 1. The summed E-state index contributed by atoms with van der Waals surface area (Å²) in [5.74, 6) is 0.659. The van der Waals surface area contributed by atoms with Crippen LogP contribution in [0.2, 0.25) is 0 Å². The summed E-state index contributed by atoms with van der Waals surface area (Å²) < 4.78 is 16.0. The molecule has 134 valence electrons. The number of ether oxygens (including phenoxy) is 2. The van der Waals surface area contributed by atoms with Crippen LogP contribution in [-0.4, -0.2) is 25.1 Å². The summed E-state index contributed by atoms with van der Waals surface area (Å²) in [7, 11) is 1.52. The van der Waals surface area contributed by atoms with Gasteiger partial charge in [-0.2, -0.15) is 0 Å². The first kappa shape index (κ1) is 18.6. The van der Waals surface area contributed by atoms with Gasteiger partial charge in [-0.3, -0.25) is 4.79 Å². The normalized spacial score (nSPS) is 11.8. The molecule has 1 atom stereocenters. The van der Waals surface area contributed by atoms with Crippen LogP contribution in [0, 0.1) is 27.7 Å². The highest BCUT2D eigenvalue weighted by molar-refractivity contribution is 5.99. The molecule has 1 aromatic carbocycles. The Balaban J connectivity index is 2.10. The Morgan fingerprint density at radius 1 is 1.12 bits per heavy atom. The predicted molar refractivity (Wildman–Crippen MR) is 94.2 cm³/mol. The number of amides is 1. The molecule has 0 fully saturated rings. The van der Waals surface area contributed by atoms with Crippen LogP contribution in [0.1, 0.15) is 39.9 Å². The van der Waals surface area contributed by atoms with E-state index in [1.165, 1.54) is 14.0 Å². The maximum absolute atomic E-state index is 12.4. The van der Waals surface area contributed by atoms with Gasteiger partial charge in [-0.25, -0.2) is 4.79 Å². The highest BCUT2D eigenvalue weighted by Crippen LogP contribution is 2.26. The minimum Gasteiger partial charge on any atom is -0.495 e. The van der Waals surface area contributed by atoms with Crippen molar-refractivity contribution in [1.29, 1.82) is 0 Å². The van der Waals surface area contributed by atoms with Crippen molar-refractivity contribution in [1.82, 2.24) is 0 Å². The van der Waals surface area contributed by atoms with E-state index in [-0.39, 0.29) is 0 Å². The molecule has 1 aromatic heterocycles. The second-order valence-corrected chi connectivity index (χ2v) is 5.95. The van der Waals surface area contributed by atoms with Gasteiger partial charge in [0.1, 0.15) is 22.8 Å². The van der Waals surface area contributed by atoms with Crippen molar-refractivity contribution < 1.29 is 23.5 Å². The fraction of sp³-hybridized carbons (Fsp3) is 0.368. The minimum atomic E-state index is -0.966. The van der Waals surface area contributed by atoms with Crippen molar-refractivity contribution in [3.05, 3.63) is 46.4 Å². The summed E-state index contributed by atoms with van der Waals surface area (Å²) in [6, 6.07) is 5.44. The average Bonchev–Trinajstić information content (AvgIpc) is 2.80. The van der Waals surface area contributed by atoms with E-state index >= 15 is 0 Å². The molecule has 0 saturated heterocycles. The first-order valence-corrected chi connectivity index (χ1v) is 7.97. The smallest absolute Gasteiger partial charge is 0.342 e. The Kier molecular flexibility index (Phi) is 5.51. The van der Waals surface area contributed by atoms with Crippen LogP contribution >= 0.6 is 0 Å². The summed E-state index contributed by atoms with van der Waals surface area (Å²) in [6.07, 6.45) is -0.966. The Morgan fingerprint density at radius 3 is 2.36 bits per heavy atom. The molecule has 1 N–H and O–H groups in total. The lowest BCUT2D eigenvalue weighted by Crippen LogP contribution is -2.30. The number of aryl methyl sites for hydroxylation is 3. The van der Waals surface area contributed by atoms with Gasteiger partial charge in [0.25, 0.3) is 5.91 Å². The molecule has 2 rings (SSSR count). The lowest BCUT2D eigenvalue weighted by molar-refractivity contribution is -0.123. The number of carbonyl (C=O) groups excluding carboxylic acids is 2. The van der Waals surface area contributed by atoms with Gasteiger partial charge in [0, 0.05) is 5.56 Å². The van der Waals surface area contributed by atoms with Gasteiger partial charge in [0.05, 0.1) is 12.8 Å². The SMILES string of the molecule is COc1ccc(C)cc1NC(=O)[C@@H](C)OC(=O)c1c(C)oc(C)c1C. The maximum Gasteiger partial charge on any atom is 0.342 e. The van der Waals surface area contributed by atoms with Gasteiger partial charge in [0.2, 0.25) is 0 Å². The van der Waals surface area contributed by atoms with Crippen LogP contribution in [0.15, 0.2) is 22.6 Å². The Bertz CT molecular complexity index is 806. The number of carbonyl (C=O) groups is 2. The number of furan rings is 1. The highest BCUT2D eigenvalue weighted by Gasteiger charge is 2.25. The third kappa shape index (κ3) is 4.02. The molecule has 6 heteroatoms. The Hall–Kier alpha value is -2.76. The van der Waals surface area contributed by atoms with E-state index < -0.39 is 18.0 Å². The summed E-state index contributed by atoms with van der Waals surface area (Å²) in [5, 5.41) is 2.73. The molecule has 1 amide bonds. The molecule has 6 nitrogen and oxygen atoms in total. The monoisotopic (exact) mass is 345 g/mol. The quantitative estimate of drug-likeness (QED) is 0.836. The molecule has 0 bridgehead atoms. The first-order chi connectivity index (χ1) is 11.7. The maximum atomic E-state index is 12.4. The van der Waals surface area contributed by atoms with E-state index in [4.69, 9.17) is 13.9 Å². The number of anilines is 1. The van der Waals surface area contributed by atoms with E-state index in [0.29, 0.717) is 28.5 Å². The summed E-state index contributed by atoms with van der Waals surface area (Å²) in [5.41, 5.74) is 2.59. The molecule has 0 radical (unpaired) electrons. The van der Waals surface area contributed by atoms with E-state index in [0.717, 1.165) is 11.1 Å². The fourth-order valence-electron chi connectivity index (χ4n) is 2.52.